The molecule has 20 heavy (non-hydrogen) atoms. The first-order valence-corrected chi connectivity index (χ1v) is 6.18. The van der Waals surface area contributed by atoms with Crippen LogP contribution in [0.1, 0.15) is 19.3 Å². The van der Waals surface area contributed by atoms with Crippen LogP contribution in [0.2, 0.25) is 0 Å². The summed E-state index contributed by atoms with van der Waals surface area (Å²) < 4.78 is 38.8. The van der Waals surface area contributed by atoms with E-state index in [9.17, 15) is 18.0 Å². The van der Waals surface area contributed by atoms with Crippen LogP contribution in [-0.2, 0) is 4.79 Å². The first kappa shape index (κ1) is 16.8. The van der Waals surface area contributed by atoms with Gasteiger partial charge in [0.1, 0.15) is 0 Å². The minimum absolute atomic E-state index is 0. The molecule has 0 unspecified atom stereocenters. The maximum absolute atomic E-state index is 13.0. The second kappa shape index (κ2) is 6.95. The summed E-state index contributed by atoms with van der Waals surface area (Å²) in [6.07, 6.45) is 2.49. The highest BCUT2D eigenvalue weighted by Crippen LogP contribution is 2.32. The molecular formula is C13H16ClF3N2O. The van der Waals surface area contributed by atoms with E-state index in [0.717, 1.165) is 25.0 Å². The number of carbonyl (C=O) groups is 1. The number of nitrogens with two attached hydrogens (primary N) is 1. The van der Waals surface area contributed by atoms with E-state index in [4.69, 9.17) is 5.73 Å². The van der Waals surface area contributed by atoms with Crippen LogP contribution in [0.25, 0.3) is 0 Å². The Morgan fingerprint density at radius 1 is 1.25 bits per heavy atom. The fraction of sp³-hybridized carbons (Fsp3) is 0.462. The molecule has 1 aromatic carbocycles. The van der Waals surface area contributed by atoms with Crippen LogP contribution in [0, 0.1) is 29.3 Å². The highest BCUT2D eigenvalue weighted by Gasteiger charge is 2.32. The van der Waals surface area contributed by atoms with Crippen molar-refractivity contribution in [2.45, 2.75) is 19.3 Å². The molecule has 0 bridgehead atoms. The highest BCUT2D eigenvalue weighted by atomic mass is 35.5. The Kier molecular flexibility index (Phi) is 5.83. The van der Waals surface area contributed by atoms with Crippen molar-refractivity contribution in [1.29, 1.82) is 0 Å². The van der Waals surface area contributed by atoms with E-state index in [2.05, 4.69) is 5.32 Å². The van der Waals surface area contributed by atoms with E-state index in [1.165, 1.54) is 0 Å². The molecule has 1 aliphatic rings. The lowest BCUT2D eigenvalue weighted by Gasteiger charge is -2.17. The lowest BCUT2D eigenvalue weighted by molar-refractivity contribution is -0.120. The molecule has 2 rings (SSSR count). The van der Waals surface area contributed by atoms with E-state index < -0.39 is 17.5 Å². The van der Waals surface area contributed by atoms with Gasteiger partial charge in [-0.2, -0.15) is 0 Å². The summed E-state index contributed by atoms with van der Waals surface area (Å²) in [4.78, 5) is 12.0. The molecule has 3 nitrogen and oxygen atoms in total. The van der Waals surface area contributed by atoms with Crippen LogP contribution in [0.4, 0.5) is 18.9 Å². The van der Waals surface area contributed by atoms with Gasteiger partial charge in [0.2, 0.25) is 5.91 Å². The minimum atomic E-state index is -1.54. The number of benzene rings is 1. The maximum atomic E-state index is 13.0. The number of halogens is 4. The average Bonchev–Trinajstić information content (AvgIpc) is 2.84. The number of amides is 1. The summed E-state index contributed by atoms with van der Waals surface area (Å²) >= 11 is 0. The Labute approximate surface area is 121 Å². The molecule has 1 aromatic rings. The Morgan fingerprint density at radius 2 is 1.85 bits per heavy atom. The fourth-order valence-electron chi connectivity index (χ4n) is 2.53. The summed E-state index contributed by atoms with van der Waals surface area (Å²) in [5.74, 6) is -4.66. The van der Waals surface area contributed by atoms with Gasteiger partial charge in [0.15, 0.2) is 17.5 Å². The summed E-state index contributed by atoms with van der Waals surface area (Å²) in [5, 5.41) is 2.42. The number of rotatable bonds is 3. The zero-order chi connectivity index (χ0) is 14.0. The van der Waals surface area contributed by atoms with Crippen LogP contribution in [-0.4, -0.2) is 12.5 Å². The number of carbonyl (C=O) groups excluding carboxylic acids is 1. The lowest BCUT2D eigenvalue weighted by atomic mass is 9.95. The second-order valence-electron chi connectivity index (χ2n) is 4.78. The zero-order valence-corrected chi connectivity index (χ0v) is 11.5. The molecule has 0 saturated heterocycles. The highest BCUT2D eigenvalue weighted by molar-refractivity contribution is 5.92. The van der Waals surface area contributed by atoms with Crippen molar-refractivity contribution in [3.63, 3.8) is 0 Å². The summed E-state index contributed by atoms with van der Waals surface area (Å²) in [6.45, 7) is 0.407. The maximum Gasteiger partial charge on any atom is 0.227 e. The van der Waals surface area contributed by atoms with E-state index in [0.29, 0.717) is 13.0 Å². The Balaban J connectivity index is 0.00000200. The van der Waals surface area contributed by atoms with E-state index >= 15 is 0 Å². The molecule has 0 aromatic heterocycles. The molecule has 3 N–H and O–H groups in total. The fourth-order valence-corrected chi connectivity index (χ4v) is 2.53. The zero-order valence-electron chi connectivity index (χ0n) is 10.7. The lowest BCUT2D eigenvalue weighted by Crippen LogP contribution is -2.29. The van der Waals surface area contributed by atoms with Crippen molar-refractivity contribution >= 4 is 24.0 Å². The molecule has 0 heterocycles. The predicted octanol–water partition coefficient (Wildman–Crippen LogP) is 2.84. The first-order valence-electron chi connectivity index (χ1n) is 6.18. The third-order valence-corrected chi connectivity index (χ3v) is 3.55. The molecule has 1 fully saturated rings. The Morgan fingerprint density at radius 3 is 2.40 bits per heavy atom. The number of anilines is 1. The number of hydrogen-bond acceptors (Lipinski definition) is 2. The Bertz CT molecular complexity index is 475. The minimum Gasteiger partial charge on any atom is -0.330 e. The van der Waals surface area contributed by atoms with Gasteiger partial charge in [-0.25, -0.2) is 13.2 Å². The predicted molar refractivity (Wildman–Crippen MR) is 72.1 cm³/mol. The molecule has 112 valence electrons. The van der Waals surface area contributed by atoms with Crippen molar-refractivity contribution in [3.05, 3.63) is 29.6 Å². The van der Waals surface area contributed by atoms with Gasteiger partial charge < -0.3 is 11.1 Å². The van der Waals surface area contributed by atoms with Crippen LogP contribution in [0.3, 0.4) is 0 Å². The van der Waals surface area contributed by atoms with Crippen molar-refractivity contribution in [1.82, 2.24) is 0 Å². The molecule has 1 amide bonds. The van der Waals surface area contributed by atoms with Gasteiger partial charge in [-0.05, 0) is 25.3 Å². The van der Waals surface area contributed by atoms with Crippen LogP contribution in [0.5, 0.6) is 0 Å². The second-order valence-corrected chi connectivity index (χ2v) is 4.78. The van der Waals surface area contributed by atoms with Gasteiger partial charge in [0, 0.05) is 23.7 Å². The SMILES string of the molecule is Cl.NC[C@H]1CCC[C@H]1C(=O)Nc1cc(F)c(F)c(F)c1. The quantitative estimate of drug-likeness (QED) is 0.844. The van der Waals surface area contributed by atoms with Crippen LogP contribution in [0.15, 0.2) is 12.1 Å². The molecular weight excluding hydrogens is 293 g/mol. The van der Waals surface area contributed by atoms with Gasteiger partial charge in [-0.3, -0.25) is 4.79 Å². The third-order valence-electron chi connectivity index (χ3n) is 3.55. The largest absolute Gasteiger partial charge is 0.330 e. The van der Waals surface area contributed by atoms with Gasteiger partial charge in [0.25, 0.3) is 0 Å². The van der Waals surface area contributed by atoms with Crippen molar-refractivity contribution in [2.75, 3.05) is 11.9 Å². The van der Waals surface area contributed by atoms with E-state index in [1.807, 2.05) is 0 Å². The number of nitrogens with one attached hydrogen (secondary N) is 1. The normalized spacial score (nSPS) is 21.4. The molecule has 2 atom stereocenters. The molecule has 1 aliphatic carbocycles. The van der Waals surface area contributed by atoms with Gasteiger partial charge in [-0.15, -0.1) is 12.4 Å². The molecule has 0 aliphatic heterocycles. The van der Waals surface area contributed by atoms with E-state index in [1.54, 1.807) is 0 Å². The van der Waals surface area contributed by atoms with E-state index in [-0.39, 0.29) is 35.8 Å². The van der Waals surface area contributed by atoms with Crippen molar-refractivity contribution < 1.29 is 18.0 Å². The standard InChI is InChI=1S/C13H15F3N2O.ClH/c14-10-4-8(5-11(15)12(10)16)18-13(19)9-3-1-2-7(9)6-17;/h4-5,7,9H,1-3,6,17H2,(H,18,19);1H/t7-,9-;/m1./s1. The van der Waals surface area contributed by atoms with Gasteiger partial charge in [0.05, 0.1) is 0 Å². The summed E-state index contributed by atoms with van der Waals surface area (Å²) in [7, 11) is 0. The summed E-state index contributed by atoms with van der Waals surface area (Å²) in [5.41, 5.74) is 5.49. The monoisotopic (exact) mass is 308 g/mol. The Hall–Kier alpha value is -1.27. The average molecular weight is 309 g/mol. The molecule has 0 spiro atoms. The van der Waals surface area contributed by atoms with Crippen LogP contribution < -0.4 is 11.1 Å². The first-order chi connectivity index (χ1) is 9.02. The summed E-state index contributed by atoms with van der Waals surface area (Å²) in [6, 6.07) is 1.53. The van der Waals surface area contributed by atoms with Crippen LogP contribution >= 0.6 is 12.4 Å². The van der Waals surface area contributed by atoms with Crippen molar-refractivity contribution in [3.8, 4) is 0 Å². The third kappa shape index (κ3) is 3.43. The smallest absolute Gasteiger partial charge is 0.227 e. The molecule has 7 heteroatoms. The van der Waals surface area contributed by atoms with Gasteiger partial charge >= 0.3 is 0 Å². The topological polar surface area (TPSA) is 55.1 Å². The molecule has 0 radical (unpaired) electrons. The van der Waals surface area contributed by atoms with Gasteiger partial charge in [-0.1, -0.05) is 6.42 Å². The molecule has 1 saturated carbocycles. The van der Waals surface area contributed by atoms with Crippen molar-refractivity contribution in [2.24, 2.45) is 17.6 Å². The number of hydrogen-bond donors (Lipinski definition) is 2.